The van der Waals surface area contributed by atoms with Gasteiger partial charge in [-0.05, 0) is 37.7 Å². The van der Waals surface area contributed by atoms with Crippen LogP contribution in [0.5, 0.6) is 5.88 Å². The fourth-order valence-electron chi connectivity index (χ4n) is 5.44. The van der Waals surface area contributed by atoms with Crippen molar-refractivity contribution < 1.29 is 17.9 Å². The molecule has 2 aliphatic carbocycles. The van der Waals surface area contributed by atoms with Crippen molar-refractivity contribution in [2.45, 2.75) is 50.7 Å². The number of aryl methyl sites for hydroxylation is 3. The lowest BCUT2D eigenvalue weighted by molar-refractivity contribution is -0.140. The minimum absolute atomic E-state index is 0.254. The Kier molecular flexibility index (Phi) is 5.62. The Morgan fingerprint density at radius 2 is 1.77 bits per heavy atom. The lowest BCUT2D eigenvalue weighted by atomic mass is 10.0. The number of alkyl halides is 3. The molecule has 5 aromatic rings. The zero-order valence-electron chi connectivity index (χ0n) is 21.9. The first kappa shape index (κ1) is 24.7. The van der Waals surface area contributed by atoms with Gasteiger partial charge in [0.15, 0.2) is 17.2 Å². The molecule has 0 bridgehead atoms. The summed E-state index contributed by atoms with van der Waals surface area (Å²) in [6.45, 7) is 0.443. The standard InChI is InChI=1S/C28H25F3N8O/c1-38-13-20(28(29,30)31)35-25(38)17-8-6-15(7-9-17)12-39-26-21-18(4-3-5-19(21)37-39)34-24(36-26)22-23(16-10-11-16)32-14-33-27(22)40-2/h6-9,13-14,16H,3-5,10-12H2,1-2H3. The maximum atomic E-state index is 13.1. The second-order valence-electron chi connectivity index (χ2n) is 10.3. The van der Waals surface area contributed by atoms with E-state index >= 15 is 0 Å². The van der Waals surface area contributed by atoms with Gasteiger partial charge < -0.3 is 9.30 Å². The number of ether oxygens (including phenoxy) is 1. The number of methoxy groups -OCH3 is 1. The van der Waals surface area contributed by atoms with Crippen LogP contribution in [0.4, 0.5) is 13.2 Å². The summed E-state index contributed by atoms with van der Waals surface area (Å²) in [5.41, 5.74) is 4.96. The molecule has 0 N–H and O–H groups in total. The summed E-state index contributed by atoms with van der Waals surface area (Å²) in [4.78, 5) is 22.7. The molecule has 0 radical (unpaired) electrons. The van der Waals surface area contributed by atoms with Gasteiger partial charge in [-0.25, -0.2) is 29.6 Å². The van der Waals surface area contributed by atoms with E-state index in [4.69, 9.17) is 19.8 Å². The Balaban J connectivity index is 1.27. The van der Waals surface area contributed by atoms with Gasteiger partial charge in [0.2, 0.25) is 5.88 Å². The first-order valence-electron chi connectivity index (χ1n) is 13.2. The van der Waals surface area contributed by atoms with E-state index in [0.29, 0.717) is 29.7 Å². The molecule has 40 heavy (non-hydrogen) atoms. The third-order valence-corrected chi connectivity index (χ3v) is 7.50. The van der Waals surface area contributed by atoms with Crippen molar-refractivity contribution in [1.29, 1.82) is 0 Å². The molecule has 4 heterocycles. The van der Waals surface area contributed by atoms with Crippen LogP contribution >= 0.6 is 0 Å². The Bertz CT molecular complexity index is 1750. The number of aromatic nitrogens is 8. The molecule has 0 atom stereocenters. The molecule has 4 aromatic heterocycles. The molecule has 204 valence electrons. The lowest BCUT2D eigenvalue weighted by Crippen LogP contribution is -2.08. The summed E-state index contributed by atoms with van der Waals surface area (Å²) in [6, 6.07) is 7.32. The van der Waals surface area contributed by atoms with Crippen LogP contribution in [0.1, 0.15) is 53.5 Å². The summed E-state index contributed by atoms with van der Waals surface area (Å²) >= 11 is 0. The van der Waals surface area contributed by atoms with E-state index in [1.165, 1.54) is 10.9 Å². The number of rotatable bonds is 6. The monoisotopic (exact) mass is 546 g/mol. The van der Waals surface area contributed by atoms with Gasteiger partial charge in [0.1, 0.15) is 17.7 Å². The fourth-order valence-corrected chi connectivity index (χ4v) is 5.44. The topological polar surface area (TPSA) is 96.4 Å². The van der Waals surface area contributed by atoms with Crippen molar-refractivity contribution >= 4 is 11.0 Å². The maximum Gasteiger partial charge on any atom is 0.434 e. The second-order valence-corrected chi connectivity index (χ2v) is 10.3. The van der Waals surface area contributed by atoms with Crippen molar-refractivity contribution in [2.75, 3.05) is 7.11 Å². The minimum atomic E-state index is -4.49. The first-order chi connectivity index (χ1) is 19.3. The second kappa shape index (κ2) is 9.10. The molecule has 0 unspecified atom stereocenters. The highest BCUT2D eigenvalue weighted by Gasteiger charge is 2.35. The molecule has 1 fully saturated rings. The SMILES string of the molecule is COc1ncnc(C2CC2)c1-c1nc2c3c(nn(Cc4ccc(-c5nc(C(F)(F)F)cn5C)cc4)c3n1)CCC2. The van der Waals surface area contributed by atoms with Gasteiger partial charge in [-0.1, -0.05) is 24.3 Å². The molecule has 2 aliphatic rings. The molecular formula is C28H25F3N8O. The highest BCUT2D eigenvalue weighted by molar-refractivity contribution is 5.84. The average molecular weight is 547 g/mol. The van der Waals surface area contributed by atoms with Crippen molar-refractivity contribution in [3.05, 3.63) is 65.1 Å². The van der Waals surface area contributed by atoms with Crippen molar-refractivity contribution in [3.8, 4) is 28.7 Å². The molecule has 0 saturated heterocycles. The zero-order valence-corrected chi connectivity index (χ0v) is 21.9. The summed E-state index contributed by atoms with van der Waals surface area (Å²) in [5, 5.41) is 5.89. The number of imidazole rings is 1. The highest BCUT2D eigenvalue weighted by atomic mass is 19.4. The van der Waals surface area contributed by atoms with Crippen LogP contribution in [0.3, 0.4) is 0 Å². The van der Waals surface area contributed by atoms with Gasteiger partial charge >= 0.3 is 6.18 Å². The van der Waals surface area contributed by atoms with Gasteiger partial charge in [0.25, 0.3) is 0 Å². The predicted octanol–water partition coefficient (Wildman–Crippen LogP) is 5.13. The van der Waals surface area contributed by atoms with Crippen LogP contribution < -0.4 is 4.74 Å². The predicted molar refractivity (Wildman–Crippen MR) is 140 cm³/mol. The molecule has 7 rings (SSSR count). The molecule has 9 nitrogen and oxygen atoms in total. The number of benzene rings is 1. The van der Waals surface area contributed by atoms with E-state index in [2.05, 4.69) is 15.0 Å². The largest absolute Gasteiger partial charge is 0.480 e. The van der Waals surface area contributed by atoms with Gasteiger partial charge in [-0.15, -0.1) is 0 Å². The van der Waals surface area contributed by atoms with E-state index in [0.717, 1.165) is 77.5 Å². The average Bonchev–Trinajstić information content (AvgIpc) is 3.63. The molecule has 0 aliphatic heterocycles. The highest BCUT2D eigenvalue weighted by Crippen LogP contribution is 2.45. The summed E-state index contributed by atoms with van der Waals surface area (Å²) in [6.07, 6.45) is 2.80. The Morgan fingerprint density at radius 1 is 1.00 bits per heavy atom. The fraction of sp³-hybridized carbons (Fsp3) is 0.357. The number of nitrogens with zero attached hydrogens (tertiary/aromatic N) is 8. The number of hydrogen-bond acceptors (Lipinski definition) is 7. The normalized spacial score (nSPS) is 15.1. The maximum absolute atomic E-state index is 13.1. The van der Waals surface area contributed by atoms with E-state index in [9.17, 15) is 13.2 Å². The summed E-state index contributed by atoms with van der Waals surface area (Å²) < 4.78 is 48.3. The molecule has 1 aromatic carbocycles. The first-order valence-corrected chi connectivity index (χ1v) is 13.2. The number of hydrogen-bond donors (Lipinski definition) is 0. The van der Waals surface area contributed by atoms with E-state index in [1.807, 2.05) is 16.8 Å². The smallest absolute Gasteiger partial charge is 0.434 e. The van der Waals surface area contributed by atoms with E-state index in [1.54, 1.807) is 26.3 Å². The van der Waals surface area contributed by atoms with Crippen LogP contribution in [0.15, 0.2) is 36.8 Å². The molecule has 12 heteroatoms. The third kappa shape index (κ3) is 4.18. The van der Waals surface area contributed by atoms with Crippen molar-refractivity contribution in [3.63, 3.8) is 0 Å². The van der Waals surface area contributed by atoms with Crippen LogP contribution in [0.25, 0.3) is 33.8 Å². The Labute approximate surface area is 227 Å². The van der Waals surface area contributed by atoms with Crippen LogP contribution in [0, 0.1) is 0 Å². The van der Waals surface area contributed by atoms with Crippen LogP contribution in [-0.4, -0.2) is 46.4 Å². The van der Waals surface area contributed by atoms with E-state index < -0.39 is 11.9 Å². The summed E-state index contributed by atoms with van der Waals surface area (Å²) in [7, 11) is 3.15. The Morgan fingerprint density at radius 3 is 2.48 bits per heavy atom. The molecule has 1 saturated carbocycles. The summed E-state index contributed by atoms with van der Waals surface area (Å²) in [5.74, 6) is 1.61. The van der Waals surface area contributed by atoms with E-state index in [-0.39, 0.29) is 5.82 Å². The Hall–Kier alpha value is -4.35. The minimum Gasteiger partial charge on any atom is -0.480 e. The van der Waals surface area contributed by atoms with Crippen molar-refractivity contribution in [2.24, 2.45) is 7.05 Å². The zero-order chi connectivity index (χ0) is 27.6. The molecular weight excluding hydrogens is 521 g/mol. The molecule has 0 amide bonds. The van der Waals surface area contributed by atoms with Crippen molar-refractivity contribution in [1.82, 2.24) is 39.3 Å². The lowest BCUT2D eigenvalue weighted by Gasteiger charge is -2.14. The number of halogens is 3. The van der Waals surface area contributed by atoms with Gasteiger partial charge in [-0.3, -0.25) is 0 Å². The quantitative estimate of drug-likeness (QED) is 0.292. The molecule has 0 spiro atoms. The van der Waals surface area contributed by atoms with Crippen LogP contribution in [0.2, 0.25) is 0 Å². The van der Waals surface area contributed by atoms with Crippen LogP contribution in [-0.2, 0) is 32.6 Å². The third-order valence-electron chi connectivity index (χ3n) is 7.50. The van der Waals surface area contributed by atoms with Gasteiger partial charge in [0, 0.05) is 24.7 Å². The van der Waals surface area contributed by atoms with Gasteiger partial charge in [-0.2, -0.15) is 18.3 Å². The van der Waals surface area contributed by atoms with Gasteiger partial charge in [0.05, 0.1) is 36.1 Å².